The van der Waals surface area contributed by atoms with E-state index < -0.39 is 0 Å². The maximum Gasteiger partial charge on any atom is 0.160 e. The lowest BCUT2D eigenvalue weighted by Gasteiger charge is -2.21. The Kier molecular flexibility index (Phi) is 6.47. The van der Waals surface area contributed by atoms with Crippen LogP contribution in [0.15, 0.2) is 164 Å². The van der Waals surface area contributed by atoms with Gasteiger partial charge in [0, 0.05) is 58.7 Å². The quantitative estimate of drug-likeness (QED) is 0.183. The van der Waals surface area contributed by atoms with Crippen LogP contribution in [0.5, 0.6) is 0 Å². The van der Waals surface area contributed by atoms with Crippen LogP contribution >= 0.6 is 11.3 Å². The van der Waals surface area contributed by atoms with E-state index in [4.69, 9.17) is 9.97 Å². The first-order valence-corrected chi connectivity index (χ1v) is 19.0. The normalized spacial score (nSPS) is 13.2. The SMILES string of the molecule is CC1(C)c2ccccc2-c2cc3c4cc5sc6ccccc6c5cc4n(-c4ccc(-c5cc(-c6ccccc6)nc(-c6ccccc6)n5)cc4)c3cc21. The van der Waals surface area contributed by atoms with Gasteiger partial charge in [-0.1, -0.05) is 129 Å². The number of rotatable bonds is 4. The predicted octanol–water partition coefficient (Wildman–Crippen LogP) is 13.2. The molecule has 0 fully saturated rings. The minimum absolute atomic E-state index is 0.0955. The van der Waals surface area contributed by atoms with Gasteiger partial charge in [0.1, 0.15) is 0 Å². The summed E-state index contributed by atoms with van der Waals surface area (Å²) < 4.78 is 5.12. The van der Waals surface area contributed by atoms with Crippen LogP contribution in [-0.4, -0.2) is 14.5 Å². The fraction of sp³-hybridized carbons (Fsp3) is 0.0612. The molecule has 250 valence electrons. The second kappa shape index (κ2) is 11.3. The standard InChI is InChI=1S/C49H33N3S/c1-49(2)40-19-11-9-17-34(40)36-25-37-38-27-47-39(35-18-10-12-20-46(35)53-47)26-44(38)52(45(37)28-41(36)49)33-23-21-31(22-24-33)43-29-42(30-13-5-3-6-14-30)50-48(51-43)32-15-7-4-8-16-32/h3-29H,1-2H3. The number of fused-ring (bicyclic) bond motifs is 9. The second-order valence-corrected chi connectivity index (χ2v) is 15.7. The fourth-order valence-electron chi connectivity index (χ4n) is 8.56. The van der Waals surface area contributed by atoms with Crippen LogP contribution in [0.1, 0.15) is 25.0 Å². The van der Waals surface area contributed by atoms with Crippen molar-refractivity contribution in [2.45, 2.75) is 19.3 Å². The molecule has 3 heterocycles. The second-order valence-electron chi connectivity index (χ2n) is 14.6. The molecule has 0 atom stereocenters. The Morgan fingerprint density at radius 3 is 1.85 bits per heavy atom. The Hall–Kier alpha value is -6.36. The van der Waals surface area contributed by atoms with Crippen molar-refractivity contribution < 1.29 is 0 Å². The summed E-state index contributed by atoms with van der Waals surface area (Å²) in [7, 11) is 0. The molecule has 0 bridgehead atoms. The fourth-order valence-corrected chi connectivity index (χ4v) is 9.68. The lowest BCUT2D eigenvalue weighted by atomic mass is 9.82. The molecule has 11 rings (SSSR count). The highest BCUT2D eigenvalue weighted by Gasteiger charge is 2.36. The lowest BCUT2D eigenvalue weighted by molar-refractivity contribution is 0.661. The summed E-state index contributed by atoms with van der Waals surface area (Å²) >= 11 is 1.88. The first kappa shape index (κ1) is 30.3. The molecule has 0 saturated carbocycles. The van der Waals surface area contributed by atoms with E-state index in [0.717, 1.165) is 39.6 Å². The van der Waals surface area contributed by atoms with E-state index in [1.807, 2.05) is 35.6 Å². The van der Waals surface area contributed by atoms with Crippen LogP contribution < -0.4 is 0 Å². The van der Waals surface area contributed by atoms with E-state index in [2.05, 4.69) is 158 Å². The van der Waals surface area contributed by atoms with Crippen molar-refractivity contribution >= 4 is 53.3 Å². The lowest BCUT2D eigenvalue weighted by Crippen LogP contribution is -2.14. The molecular weight excluding hydrogens is 663 g/mol. The van der Waals surface area contributed by atoms with Gasteiger partial charge >= 0.3 is 0 Å². The maximum absolute atomic E-state index is 5.11. The molecule has 0 N–H and O–H groups in total. The largest absolute Gasteiger partial charge is 0.309 e. The summed E-state index contributed by atoms with van der Waals surface area (Å²) in [5.74, 6) is 0.720. The molecular formula is C49H33N3S. The van der Waals surface area contributed by atoms with Gasteiger partial charge < -0.3 is 4.57 Å². The molecule has 1 aliphatic rings. The Labute approximate surface area is 311 Å². The first-order valence-electron chi connectivity index (χ1n) is 18.2. The van der Waals surface area contributed by atoms with Gasteiger partial charge in [0.25, 0.3) is 0 Å². The molecule has 10 aromatic rings. The summed E-state index contributed by atoms with van der Waals surface area (Å²) in [6.45, 7) is 4.73. The zero-order valence-corrected chi connectivity index (χ0v) is 30.2. The van der Waals surface area contributed by atoms with Crippen molar-refractivity contribution in [2.75, 3.05) is 0 Å². The van der Waals surface area contributed by atoms with E-state index in [0.29, 0.717) is 0 Å². The van der Waals surface area contributed by atoms with Crippen molar-refractivity contribution in [2.24, 2.45) is 0 Å². The summed E-state index contributed by atoms with van der Waals surface area (Å²) in [5, 5.41) is 5.18. The van der Waals surface area contributed by atoms with Gasteiger partial charge in [-0.25, -0.2) is 9.97 Å². The summed E-state index contributed by atoms with van der Waals surface area (Å²) in [6, 6.07) is 59.1. The van der Waals surface area contributed by atoms with E-state index >= 15 is 0 Å². The number of benzene rings is 7. The van der Waals surface area contributed by atoms with Crippen LogP contribution in [0.3, 0.4) is 0 Å². The molecule has 0 aliphatic heterocycles. The first-order chi connectivity index (χ1) is 26.0. The Balaban J connectivity index is 1.13. The highest BCUT2D eigenvalue weighted by Crippen LogP contribution is 2.51. The van der Waals surface area contributed by atoms with Gasteiger partial charge in [-0.15, -0.1) is 11.3 Å². The minimum atomic E-state index is -0.0955. The van der Waals surface area contributed by atoms with Crippen molar-refractivity contribution in [1.82, 2.24) is 14.5 Å². The van der Waals surface area contributed by atoms with Crippen molar-refractivity contribution in [3.05, 3.63) is 175 Å². The summed E-state index contributed by atoms with van der Waals surface area (Å²) in [4.78, 5) is 10.1. The molecule has 0 spiro atoms. The summed E-state index contributed by atoms with van der Waals surface area (Å²) in [6.07, 6.45) is 0. The van der Waals surface area contributed by atoms with Gasteiger partial charge in [-0.05, 0) is 70.8 Å². The molecule has 3 nitrogen and oxygen atoms in total. The van der Waals surface area contributed by atoms with Crippen LogP contribution in [-0.2, 0) is 5.41 Å². The zero-order valence-electron chi connectivity index (χ0n) is 29.3. The third-order valence-corrected chi connectivity index (χ3v) is 12.3. The van der Waals surface area contributed by atoms with E-state index in [-0.39, 0.29) is 5.41 Å². The number of hydrogen-bond donors (Lipinski definition) is 0. The molecule has 1 aliphatic carbocycles. The van der Waals surface area contributed by atoms with Crippen LogP contribution in [0.2, 0.25) is 0 Å². The molecule has 0 amide bonds. The van der Waals surface area contributed by atoms with E-state index in [9.17, 15) is 0 Å². The van der Waals surface area contributed by atoms with Gasteiger partial charge in [0.15, 0.2) is 5.82 Å². The van der Waals surface area contributed by atoms with Crippen LogP contribution in [0.25, 0.3) is 92.7 Å². The molecule has 0 unspecified atom stereocenters. The van der Waals surface area contributed by atoms with E-state index in [1.54, 1.807) is 0 Å². The summed E-state index contributed by atoms with van der Waals surface area (Å²) in [5.41, 5.74) is 13.9. The molecule has 0 radical (unpaired) electrons. The number of thiophene rings is 1. The third kappa shape index (κ3) is 4.59. The molecule has 7 aromatic carbocycles. The van der Waals surface area contributed by atoms with Gasteiger partial charge in [-0.3, -0.25) is 0 Å². The number of aromatic nitrogens is 3. The van der Waals surface area contributed by atoms with Crippen molar-refractivity contribution in [3.63, 3.8) is 0 Å². The number of hydrogen-bond acceptors (Lipinski definition) is 3. The Bertz CT molecular complexity index is 3000. The smallest absolute Gasteiger partial charge is 0.160 e. The highest BCUT2D eigenvalue weighted by molar-refractivity contribution is 7.25. The zero-order chi connectivity index (χ0) is 35.3. The molecule has 4 heteroatoms. The monoisotopic (exact) mass is 695 g/mol. The maximum atomic E-state index is 5.11. The van der Waals surface area contributed by atoms with Crippen molar-refractivity contribution in [3.8, 4) is 50.7 Å². The Morgan fingerprint density at radius 2 is 1.08 bits per heavy atom. The minimum Gasteiger partial charge on any atom is -0.309 e. The topological polar surface area (TPSA) is 30.7 Å². The van der Waals surface area contributed by atoms with Crippen molar-refractivity contribution in [1.29, 1.82) is 0 Å². The van der Waals surface area contributed by atoms with Crippen LogP contribution in [0.4, 0.5) is 0 Å². The molecule has 53 heavy (non-hydrogen) atoms. The van der Waals surface area contributed by atoms with Gasteiger partial charge in [-0.2, -0.15) is 0 Å². The highest BCUT2D eigenvalue weighted by atomic mass is 32.1. The Morgan fingerprint density at radius 1 is 0.453 bits per heavy atom. The molecule has 3 aromatic heterocycles. The predicted molar refractivity (Wildman–Crippen MR) is 223 cm³/mol. The third-order valence-electron chi connectivity index (χ3n) is 11.2. The van der Waals surface area contributed by atoms with Gasteiger partial charge in [0.05, 0.1) is 22.4 Å². The van der Waals surface area contributed by atoms with Crippen LogP contribution in [0, 0.1) is 0 Å². The number of nitrogens with zero attached hydrogens (tertiary/aromatic N) is 3. The van der Waals surface area contributed by atoms with Gasteiger partial charge in [0.2, 0.25) is 0 Å². The average Bonchev–Trinajstić information content (AvgIpc) is 3.81. The average molecular weight is 696 g/mol. The van der Waals surface area contributed by atoms with E-state index in [1.165, 1.54) is 64.2 Å². The molecule has 0 saturated heterocycles.